The Balaban J connectivity index is 2.19. The fourth-order valence-electron chi connectivity index (χ4n) is 1.64. The minimum Gasteiger partial charge on any atom is -0.363 e. The highest BCUT2D eigenvalue weighted by molar-refractivity contribution is 9.10. The second kappa shape index (κ2) is 5.67. The van der Waals surface area contributed by atoms with Crippen molar-refractivity contribution in [2.75, 3.05) is 5.32 Å². The minimum absolute atomic E-state index is 0.00839. The van der Waals surface area contributed by atoms with E-state index in [9.17, 15) is 4.39 Å². The van der Waals surface area contributed by atoms with Gasteiger partial charge in [-0.25, -0.2) is 9.37 Å². The van der Waals surface area contributed by atoms with Crippen molar-refractivity contribution in [3.63, 3.8) is 0 Å². The van der Waals surface area contributed by atoms with Crippen LogP contribution in [0.15, 0.2) is 40.9 Å². The van der Waals surface area contributed by atoms with Crippen LogP contribution < -0.4 is 5.32 Å². The van der Waals surface area contributed by atoms with Crippen LogP contribution in [0.2, 0.25) is 5.15 Å². The molecule has 2 aromatic rings. The van der Waals surface area contributed by atoms with Gasteiger partial charge in [0.05, 0.1) is 6.04 Å². The molecule has 5 heteroatoms. The van der Waals surface area contributed by atoms with E-state index in [1.807, 2.05) is 19.1 Å². The predicted molar refractivity (Wildman–Crippen MR) is 75.4 cm³/mol. The van der Waals surface area contributed by atoms with E-state index in [2.05, 4.69) is 26.2 Å². The zero-order chi connectivity index (χ0) is 13.1. The molecule has 1 aromatic heterocycles. The molecular weight excluding hydrogens is 319 g/mol. The number of rotatable bonds is 3. The highest BCUT2D eigenvalue weighted by atomic mass is 79.9. The lowest BCUT2D eigenvalue weighted by Crippen LogP contribution is -2.08. The van der Waals surface area contributed by atoms with E-state index in [-0.39, 0.29) is 11.9 Å². The summed E-state index contributed by atoms with van der Waals surface area (Å²) < 4.78 is 13.7. The molecule has 0 radical (unpaired) electrons. The van der Waals surface area contributed by atoms with Crippen molar-refractivity contribution in [1.82, 2.24) is 4.98 Å². The molecule has 1 unspecified atom stereocenters. The van der Waals surface area contributed by atoms with Gasteiger partial charge in [0.15, 0.2) is 0 Å². The molecule has 1 heterocycles. The average Bonchev–Trinajstić information content (AvgIpc) is 2.28. The monoisotopic (exact) mass is 328 g/mol. The van der Waals surface area contributed by atoms with Gasteiger partial charge in [0.2, 0.25) is 0 Å². The van der Waals surface area contributed by atoms with Crippen LogP contribution in [0.3, 0.4) is 0 Å². The van der Waals surface area contributed by atoms with E-state index in [1.165, 1.54) is 12.1 Å². The molecule has 18 heavy (non-hydrogen) atoms. The fraction of sp³-hybridized carbons (Fsp3) is 0.154. The second-order valence-electron chi connectivity index (χ2n) is 3.88. The predicted octanol–water partition coefficient (Wildman–Crippen LogP) is 4.81. The number of aromatic nitrogens is 1. The van der Waals surface area contributed by atoms with Gasteiger partial charge in [-0.05, 0) is 36.8 Å². The maximum Gasteiger partial charge on any atom is 0.131 e. The van der Waals surface area contributed by atoms with Crippen molar-refractivity contribution < 1.29 is 4.39 Å². The number of halogens is 3. The molecule has 0 bridgehead atoms. The summed E-state index contributed by atoms with van der Waals surface area (Å²) in [6.45, 7) is 1.97. The zero-order valence-electron chi connectivity index (χ0n) is 9.62. The molecule has 0 saturated carbocycles. The first-order valence-electron chi connectivity index (χ1n) is 5.40. The van der Waals surface area contributed by atoms with Gasteiger partial charge in [0, 0.05) is 4.47 Å². The number of benzene rings is 1. The molecule has 1 atom stereocenters. The van der Waals surface area contributed by atoms with Gasteiger partial charge in [-0.1, -0.05) is 39.7 Å². The van der Waals surface area contributed by atoms with Gasteiger partial charge in [-0.3, -0.25) is 0 Å². The molecule has 1 aromatic carbocycles. The molecule has 0 aliphatic rings. The maximum absolute atomic E-state index is 13.0. The Labute approximate surface area is 118 Å². The van der Waals surface area contributed by atoms with E-state index in [1.54, 1.807) is 12.1 Å². The largest absolute Gasteiger partial charge is 0.363 e. The number of pyridine rings is 1. The topological polar surface area (TPSA) is 24.9 Å². The number of anilines is 1. The number of nitrogens with zero attached hydrogens (tertiary/aromatic N) is 1. The SMILES string of the molecule is CC(Nc1cccc(Cl)n1)c1ccc(F)cc1Br. The van der Waals surface area contributed by atoms with Gasteiger partial charge in [0.1, 0.15) is 16.8 Å². The van der Waals surface area contributed by atoms with Crippen molar-refractivity contribution in [3.05, 3.63) is 57.4 Å². The van der Waals surface area contributed by atoms with Crippen LogP contribution >= 0.6 is 27.5 Å². The summed E-state index contributed by atoms with van der Waals surface area (Å²) in [6.07, 6.45) is 0. The molecule has 2 rings (SSSR count). The molecule has 0 aliphatic carbocycles. The maximum atomic E-state index is 13.0. The molecule has 1 N–H and O–H groups in total. The molecule has 0 saturated heterocycles. The van der Waals surface area contributed by atoms with Crippen LogP contribution in [-0.4, -0.2) is 4.98 Å². The summed E-state index contributed by atoms with van der Waals surface area (Å²) in [6, 6.07) is 9.98. The van der Waals surface area contributed by atoms with E-state index >= 15 is 0 Å². The lowest BCUT2D eigenvalue weighted by molar-refractivity contribution is 0.625. The van der Waals surface area contributed by atoms with E-state index in [0.717, 1.165) is 10.0 Å². The summed E-state index contributed by atoms with van der Waals surface area (Å²) in [5.74, 6) is 0.421. The van der Waals surface area contributed by atoms with Crippen molar-refractivity contribution in [2.45, 2.75) is 13.0 Å². The number of hydrogen-bond acceptors (Lipinski definition) is 2. The first-order chi connectivity index (χ1) is 8.56. The van der Waals surface area contributed by atoms with Gasteiger partial charge < -0.3 is 5.32 Å². The van der Waals surface area contributed by atoms with Gasteiger partial charge in [-0.2, -0.15) is 0 Å². The van der Waals surface area contributed by atoms with Crippen molar-refractivity contribution >= 4 is 33.3 Å². The van der Waals surface area contributed by atoms with Crippen LogP contribution in [0.25, 0.3) is 0 Å². The molecular formula is C13H11BrClFN2. The Morgan fingerprint density at radius 2 is 2.11 bits per heavy atom. The third-order valence-electron chi connectivity index (χ3n) is 2.51. The third-order valence-corrected chi connectivity index (χ3v) is 3.41. The summed E-state index contributed by atoms with van der Waals surface area (Å²) in [5.41, 5.74) is 0.957. The van der Waals surface area contributed by atoms with E-state index in [4.69, 9.17) is 11.6 Å². The zero-order valence-corrected chi connectivity index (χ0v) is 12.0. The van der Waals surface area contributed by atoms with Crippen molar-refractivity contribution in [3.8, 4) is 0 Å². The Morgan fingerprint density at radius 1 is 1.33 bits per heavy atom. The number of hydrogen-bond donors (Lipinski definition) is 1. The summed E-state index contributed by atoms with van der Waals surface area (Å²) in [4.78, 5) is 4.15. The quantitative estimate of drug-likeness (QED) is 0.817. The van der Waals surface area contributed by atoms with Crippen molar-refractivity contribution in [2.24, 2.45) is 0 Å². The standard InChI is InChI=1S/C13H11BrClFN2/c1-8(10-6-5-9(16)7-11(10)14)17-13-4-2-3-12(15)18-13/h2-8H,1H3,(H,17,18). The molecule has 0 fully saturated rings. The molecule has 0 aliphatic heterocycles. The Hall–Kier alpha value is -1.13. The Morgan fingerprint density at radius 3 is 2.78 bits per heavy atom. The first-order valence-corrected chi connectivity index (χ1v) is 6.57. The Bertz CT molecular complexity index is 562. The Kier molecular flexibility index (Phi) is 4.19. The molecule has 0 spiro atoms. The fourth-order valence-corrected chi connectivity index (χ4v) is 2.50. The van der Waals surface area contributed by atoms with Gasteiger partial charge in [-0.15, -0.1) is 0 Å². The average molecular weight is 330 g/mol. The molecule has 2 nitrogen and oxygen atoms in total. The first kappa shape index (κ1) is 13.3. The highest BCUT2D eigenvalue weighted by Crippen LogP contribution is 2.26. The minimum atomic E-state index is -0.265. The summed E-state index contributed by atoms with van der Waals surface area (Å²) in [5, 5.41) is 3.65. The summed E-state index contributed by atoms with van der Waals surface area (Å²) in [7, 11) is 0. The van der Waals surface area contributed by atoms with Gasteiger partial charge in [0.25, 0.3) is 0 Å². The van der Waals surface area contributed by atoms with Crippen LogP contribution in [0.4, 0.5) is 10.2 Å². The highest BCUT2D eigenvalue weighted by Gasteiger charge is 2.10. The smallest absolute Gasteiger partial charge is 0.131 e. The normalized spacial score (nSPS) is 12.2. The number of nitrogens with one attached hydrogen (secondary N) is 1. The second-order valence-corrected chi connectivity index (χ2v) is 5.12. The van der Waals surface area contributed by atoms with E-state index in [0.29, 0.717) is 11.0 Å². The van der Waals surface area contributed by atoms with Crippen LogP contribution in [-0.2, 0) is 0 Å². The molecule has 94 valence electrons. The third kappa shape index (κ3) is 3.21. The molecule has 0 amide bonds. The van der Waals surface area contributed by atoms with Crippen LogP contribution in [0.1, 0.15) is 18.5 Å². The van der Waals surface area contributed by atoms with Crippen molar-refractivity contribution in [1.29, 1.82) is 0 Å². The van der Waals surface area contributed by atoms with Gasteiger partial charge >= 0.3 is 0 Å². The van der Waals surface area contributed by atoms with E-state index < -0.39 is 0 Å². The van der Waals surface area contributed by atoms with Crippen LogP contribution in [0.5, 0.6) is 0 Å². The van der Waals surface area contributed by atoms with Crippen LogP contribution in [0, 0.1) is 5.82 Å². The lowest BCUT2D eigenvalue weighted by atomic mass is 10.1. The lowest BCUT2D eigenvalue weighted by Gasteiger charge is -2.16. The summed E-state index contributed by atoms with van der Waals surface area (Å²) >= 11 is 9.17.